The van der Waals surface area contributed by atoms with Gasteiger partial charge in [0.2, 0.25) is 0 Å². The number of halogens is 1. The Hall–Kier alpha value is -2.29. The number of hydrogen-bond acceptors (Lipinski definition) is 3. The zero-order valence-corrected chi connectivity index (χ0v) is 19.0. The molecule has 2 aromatic carbocycles. The number of rotatable bonds is 8. The highest BCUT2D eigenvalue weighted by molar-refractivity contribution is 14.0. The van der Waals surface area contributed by atoms with Gasteiger partial charge in [0.1, 0.15) is 5.75 Å². The number of aliphatic imine (C=N–C) groups is 1. The maximum atomic E-state index is 10.7. The standard InChI is InChI=1S/C21H28N4O2.HI/c1-16-4-6-18(7-5-16)14-25(3)21(23-2)24-13-12-17-8-10-19(11-9-17)27-15-20(22)26;/h4-11H,12-15H2,1-3H3,(H2,22,26)(H,23,24);1H. The lowest BCUT2D eigenvalue weighted by Crippen LogP contribution is -2.39. The third kappa shape index (κ3) is 8.16. The number of benzene rings is 2. The van der Waals surface area contributed by atoms with E-state index in [0.717, 1.165) is 25.5 Å². The summed E-state index contributed by atoms with van der Waals surface area (Å²) < 4.78 is 5.26. The first kappa shape index (κ1) is 23.7. The minimum atomic E-state index is -0.482. The number of hydrogen-bond donors (Lipinski definition) is 2. The highest BCUT2D eigenvalue weighted by Crippen LogP contribution is 2.12. The molecule has 7 heteroatoms. The number of nitrogens with two attached hydrogens (primary N) is 1. The van der Waals surface area contributed by atoms with Crippen molar-refractivity contribution < 1.29 is 9.53 Å². The van der Waals surface area contributed by atoms with E-state index in [0.29, 0.717) is 5.75 Å². The Morgan fingerprint density at radius 3 is 2.29 bits per heavy atom. The molecule has 152 valence electrons. The Morgan fingerprint density at radius 1 is 1.11 bits per heavy atom. The zero-order chi connectivity index (χ0) is 19.6. The Balaban J connectivity index is 0.00000392. The normalized spacial score (nSPS) is 10.8. The number of carbonyl (C=O) groups excluding carboxylic acids is 1. The molecule has 0 fully saturated rings. The van der Waals surface area contributed by atoms with E-state index in [1.165, 1.54) is 16.7 Å². The molecule has 0 radical (unpaired) electrons. The number of guanidine groups is 1. The second kappa shape index (κ2) is 12.2. The molecule has 3 N–H and O–H groups in total. The lowest BCUT2D eigenvalue weighted by atomic mass is 10.1. The maximum absolute atomic E-state index is 10.7. The lowest BCUT2D eigenvalue weighted by molar-refractivity contribution is -0.119. The molecule has 0 unspecified atom stereocenters. The van der Waals surface area contributed by atoms with Crippen LogP contribution in [0.5, 0.6) is 5.75 Å². The van der Waals surface area contributed by atoms with Crippen LogP contribution in [-0.4, -0.2) is 44.0 Å². The fourth-order valence-electron chi connectivity index (χ4n) is 2.65. The first-order chi connectivity index (χ1) is 13.0. The minimum Gasteiger partial charge on any atom is -0.484 e. The van der Waals surface area contributed by atoms with Crippen molar-refractivity contribution in [1.82, 2.24) is 10.2 Å². The maximum Gasteiger partial charge on any atom is 0.255 e. The van der Waals surface area contributed by atoms with E-state index < -0.39 is 5.91 Å². The van der Waals surface area contributed by atoms with E-state index in [1.807, 2.05) is 31.3 Å². The molecule has 0 aliphatic carbocycles. The fraction of sp³-hybridized carbons (Fsp3) is 0.333. The van der Waals surface area contributed by atoms with Gasteiger partial charge in [-0.1, -0.05) is 42.0 Å². The smallest absolute Gasteiger partial charge is 0.255 e. The summed E-state index contributed by atoms with van der Waals surface area (Å²) in [5.74, 6) is 1.01. The van der Waals surface area contributed by atoms with Crippen molar-refractivity contribution in [1.29, 1.82) is 0 Å². The van der Waals surface area contributed by atoms with Gasteiger partial charge < -0.3 is 20.7 Å². The summed E-state index contributed by atoms with van der Waals surface area (Å²) in [5, 5.41) is 3.39. The molecule has 0 saturated heterocycles. The first-order valence-electron chi connectivity index (χ1n) is 8.95. The molecule has 2 aromatic rings. The number of primary amides is 1. The van der Waals surface area contributed by atoms with Crippen LogP contribution in [0.1, 0.15) is 16.7 Å². The Bertz CT molecular complexity index is 761. The van der Waals surface area contributed by atoms with Crippen molar-refractivity contribution in [3.05, 3.63) is 65.2 Å². The summed E-state index contributed by atoms with van der Waals surface area (Å²) >= 11 is 0. The van der Waals surface area contributed by atoms with Gasteiger partial charge in [0.25, 0.3) is 5.91 Å². The molecule has 0 aliphatic heterocycles. The van der Waals surface area contributed by atoms with Crippen molar-refractivity contribution in [2.75, 3.05) is 27.2 Å². The van der Waals surface area contributed by atoms with Crippen LogP contribution in [-0.2, 0) is 17.8 Å². The minimum absolute atomic E-state index is 0. The Labute approximate surface area is 184 Å². The van der Waals surface area contributed by atoms with E-state index in [9.17, 15) is 4.79 Å². The Kier molecular flexibility index (Phi) is 10.4. The van der Waals surface area contributed by atoms with E-state index >= 15 is 0 Å². The van der Waals surface area contributed by atoms with Crippen LogP contribution >= 0.6 is 24.0 Å². The molecule has 0 saturated carbocycles. The molecule has 6 nitrogen and oxygen atoms in total. The monoisotopic (exact) mass is 496 g/mol. The predicted octanol–water partition coefficient (Wildman–Crippen LogP) is 2.73. The molecule has 0 aromatic heterocycles. The molecule has 0 bridgehead atoms. The van der Waals surface area contributed by atoms with Gasteiger partial charge in [-0.2, -0.15) is 0 Å². The summed E-state index contributed by atoms with van der Waals surface area (Å²) in [6.45, 7) is 3.55. The molecule has 0 aliphatic rings. The molecule has 28 heavy (non-hydrogen) atoms. The van der Waals surface area contributed by atoms with E-state index in [-0.39, 0.29) is 30.6 Å². The summed E-state index contributed by atoms with van der Waals surface area (Å²) in [6, 6.07) is 16.2. The van der Waals surface area contributed by atoms with Crippen molar-refractivity contribution in [3.8, 4) is 5.75 Å². The van der Waals surface area contributed by atoms with Crippen molar-refractivity contribution >= 4 is 35.8 Å². The van der Waals surface area contributed by atoms with Crippen molar-refractivity contribution in [2.45, 2.75) is 19.9 Å². The van der Waals surface area contributed by atoms with Crippen LogP contribution in [0.25, 0.3) is 0 Å². The largest absolute Gasteiger partial charge is 0.484 e. The third-order valence-electron chi connectivity index (χ3n) is 4.11. The number of ether oxygens (including phenoxy) is 1. The van der Waals surface area contributed by atoms with Crippen LogP contribution in [0.15, 0.2) is 53.5 Å². The second-order valence-electron chi connectivity index (χ2n) is 6.46. The summed E-state index contributed by atoms with van der Waals surface area (Å²) in [6.07, 6.45) is 0.855. The summed E-state index contributed by atoms with van der Waals surface area (Å²) in [4.78, 5) is 17.2. The van der Waals surface area contributed by atoms with Gasteiger partial charge in [0.15, 0.2) is 12.6 Å². The van der Waals surface area contributed by atoms with Crippen LogP contribution < -0.4 is 15.8 Å². The number of nitrogens with zero attached hydrogens (tertiary/aromatic N) is 2. The highest BCUT2D eigenvalue weighted by Gasteiger charge is 2.06. The van der Waals surface area contributed by atoms with Crippen LogP contribution in [0.2, 0.25) is 0 Å². The zero-order valence-electron chi connectivity index (χ0n) is 16.6. The number of nitrogens with one attached hydrogen (secondary N) is 1. The van der Waals surface area contributed by atoms with E-state index in [1.54, 1.807) is 7.05 Å². The predicted molar refractivity (Wildman–Crippen MR) is 124 cm³/mol. The quantitative estimate of drug-likeness (QED) is 0.335. The average molecular weight is 496 g/mol. The van der Waals surface area contributed by atoms with Gasteiger partial charge in [-0.25, -0.2) is 0 Å². The van der Waals surface area contributed by atoms with Gasteiger partial charge in [0.05, 0.1) is 0 Å². The van der Waals surface area contributed by atoms with Gasteiger partial charge in [-0.15, -0.1) is 24.0 Å². The highest BCUT2D eigenvalue weighted by atomic mass is 127. The molecule has 0 heterocycles. The number of carbonyl (C=O) groups is 1. The van der Waals surface area contributed by atoms with Gasteiger partial charge in [0, 0.05) is 27.2 Å². The van der Waals surface area contributed by atoms with Crippen molar-refractivity contribution in [2.24, 2.45) is 10.7 Å². The van der Waals surface area contributed by atoms with Crippen molar-refractivity contribution in [3.63, 3.8) is 0 Å². The first-order valence-corrected chi connectivity index (χ1v) is 8.95. The number of aryl methyl sites for hydroxylation is 1. The number of amides is 1. The topological polar surface area (TPSA) is 80.0 Å². The van der Waals surface area contributed by atoms with E-state index in [4.69, 9.17) is 10.5 Å². The second-order valence-corrected chi connectivity index (χ2v) is 6.46. The Morgan fingerprint density at radius 2 is 1.71 bits per heavy atom. The molecule has 1 amide bonds. The molecule has 0 spiro atoms. The SMILES string of the molecule is CN=C(NCCc1ccc(OCC(N)=O)cc1)N(C)Cc1ccc(C)cc1.I. The van der Waals surface area contributed by atoms with E-state index in [2.05, 4.69) is 46.4 Å². The molecule has 0 atom stereocenters. The average Bonchev–Trinajstić information content (AvgIpc) is 2.66. The third-order valence-corrected chi connectivity index (χ3v) is 4.11. The van der Waals surface area contributed by atoms with Gasteiger partial charge >= 0.3 is 0 Å². The van der Waals surface area contributed by atoms with Gasteiger partial charge in [-0.05, 0) is 36.6 Å². The van der Waals surface area contributed by atoms with Gasteiger partial charge in [-0.3, -0.25) is 9.79 Å². The van der Waals surface area contributed by atoms with Crippen LogP contribution in [0, 0.1) is 6.92 Å². The molecule has 2 rings (SSSR count). The summed E-state index contributed by atoms with van der Waals surface area (Å²) in [7, 11) is 3.82. The van der Waals surface area contributed by atoms with Crippen LogP contribution in [0.4, 0.5) is 0 Å². The molecular weight excluding hydrogens is 467 g/mol. The van der Waals surface area contributed by atoms with Crippen LogP contribution in [0.3, 0.4) is 0 Å². The fourth-order valence-corrected chi connectivity index (χ4v) is 2.65. The molecular formula is C21H29IN4O2. The lowest BCUT2D eigenvalue weighted by Gasteiger charge is -2.22. The summed E-state index contributed by atoms with van der Waals surface area (Å²) in [5.41, 5.74) is 8.75.